The fourth-order valence-electron chi connectivity index (χ4n) is 3.78. The van der Waals surface area contributed by atoms with E-state index in [2.05, 4.69) is 15.4 Å². The molecule has 13 heteroatoms. The molecule has 2 aromatic heterocycles. The van der Waals surface area contributed by atoms with Gasteiger partial charge in [0.05, 0.1) is 13.1 Å². The summed E-state index contributed by atoms with van der Waals surface area (Å²) >= 11 is 0. The van der Waals surface area contributed by atoms with E-state index in [-0.39, 0.29) is 35.9 Å². The van der Waals surface area contributed by atoms with E-state index >= 15 is 0 Å². The number of carbonyl (C=O) groups is 1. The van der Waals surface area contributed by atoms with Crippen LogP contribution in [0.3, 0.4) is 0 Å². The molecule has 1 amide bonds. The molecule has 11 nitrogen and oxygen atoms in total. The number of nitrogens with two attached hydrogens (primary N) is 1. The molecule has 6 N–H and O–H groups in total. The van der Waals surface area contributed by atoms with Gasteiger partial charge in [-0.15, -0.1) is 5.10 Å². The highest BCUT2D eigenvalue weighted by molar-refractivity contribution is 6.25. The summed E-state index contributed by atoms with van der Waals surface area (Å²) < 4.78 is 7.38. The maximum atomic E-state index is 12.9. The lowest BCUT2D eigenvalue weighted by Gasteiger charge is -2.45. The summed E-state index contributed by atoms with van der Waals surface area (Å²) in [6, 6.07) is 5.03. The Morgan fingerprint density at radius 3 is 2.62 bits per heavy atom. The number of carbonyl (C=O) groups excluding carboxylic acids is 1. The van der Waals surface area contributed by atoms with E-state index < -0.39 is 23.3 Å². The van der Waals surface area contributed by atoms with Gasteiger partial charge >= 0.3 is 0 Å². The van der Waals surface area contributed by atoms with E-state index in [1.165, 1.54) is 16.8 Å². The predicted octanol–water partition coefficient (Wildman–Crippen LogP) is -0.933. The van der Waals surface area contributed by atoms with Crippen LogP contribution in [0.15, 0.2) is 24.4 Å². The van der Waals surface area contributed by atoms with Crippen LogP contribution >= 0.6 is 0 Å². The molecule has 34 heavy (non-hydrogen) atoms. The van der Waals surface area contributed by atoms with E-state index in [1.54, 1.807) is 13.0 Å². The first kappa shape index (κ1) is 23.9. The average molecular weight is 462 g/mol. The van der Waals surface area contributed by atoms with Crippen LogP contribution in [-0.4, -0.2) is 75.5 Å². The number of benzene rings is 1. The van der Waals surface area contributed by atoms with Crippen LogP contribution < -0.4 is 20.7 Å². The fourth-order valence-corrected chi connectivity index (χ4v) is 3.78. The second-order valence-electron chi connectivity index (χ2n) is 8.48. The number of hydrogen-bond acceptors (Lipinski definition) is 9. The lowest BCUT2D eigenvalue weighted by atomic mass is 9.71. The van der Waals surface area contributed by atoms with Gasteiger partial charge in [-0.2, -0.15) is 0 Å². The molecule has 0 fully saturated rings. The number of aliphatic hydroxyl groups is 3. The van der Waals surface area contributed by atoms with Crippen LogP contribution in [0.1, 0.15) is 34.0 Å². The lowest BCUT2D eigenvalue weighted by molar-refractivity contribution is -0.182. The minimum Gasteiger partial charge on any atom is -0.489 e. The average Bonchev–Trinajstić information content (AvgIpc) is 3.08. The summed E-state index contributed by atoms with van der Waals surface area (Å²) in [4.78, 5) is 18.4. The molecule has 0 saturated carbocycles. The third kappa shape index (κ3) is 3.95. The number of aromatic nitrogens is 3. The SMILES string of the molecule is [B]C(O)(O)C([B])(O)N1Cc2c(ccc(C)c2C)O[C@@H](C)CNC(=O)c2c(N)nn3ccc1nc23. The van der Waals surface area contributed by atoms with Crippen LogP contribution in [0.5, 0.6) is 5.75 Å². The first-order valence-electron chi connectivity index (χ1n) is 10.5. The van der Waals surface area contributed by atoms with Gasteiger partial charge in [0.1, 0.15) is 34.5 Å². The van der Waals surface area contributed by atoms with Gasteiger partial charge in [-0.1, -0.05) is 6.07 Å². The normalized spacial score (nSPS) is 18.8. The molecule has 0 aliphatic carbocycles. The van der Waals surface area contributed by atoms with Gasteiger partial charge in [0, 0.05) is 11.8 Å². The number of aryl methyl sites for hydroxylation is 1. The maximum absolute atomic E-state index is 12.9. The highest BCUT2D eigenvalue weighted by atomic mass is 16.5. The van der Waals surface area contributed by atoms with Crippen molar-refractivity contribution < 1.29 is 24.9 Å². The second-order valence-corrected chi connectivity index (χ2v) is 8.48. The Hall–Kier alpha value is -3.28. The molecule has 0 spiro atoms. The molecule has 4 radical (unpaired) electrons. The molecule has 2 atom stereocenters. The number of amides is 1. The molecule has 0 saturated heterocycles. The summed E-state index contributed by atoms with van der Waals surface area (Å²) in [5, 5.41) is 38.1. The highest BCUT2D eigenvalue weighted by Gasteiger charge is 2.45. The van der Waals surface area contributed by atoms with Crippen molar-refractivity contribution in [1.82, 2.24) is 19.9 Å². The molecule has 3 heterocycles. The zero-order valence-electron chi connectivity index (χ0n) is 19.0. The minimum absolute atomic E-state index is 0.00496. The standard InChI is InChI=1S/C21H24B2N6O5/c1-10-4-5-14-13(12(10)3)9-28(20(22,31)21(23,32)33)15-6-7-29-18(26-15)16(17(24)27-29)19(30)25-8-11(2)34-14/h4-7,11,31-33H,8-9H2,1-3H3,(H2,24,27)(H,25,30)/t11-,20?/m0/s1. The van der Waals surface area contributed by atoms with Crippen molar-refractivity contribution in [2.24, 2.45) is 0 Å². The van der Waals surface area contributed by atoms with Crippen LogP contribution in [0.2, 0.25) is 0 Å². The van der Waals surface area contributed by atoms with E-state index in [4.69, 9.17) is 26.2 Å². The molecule has 174 valence electrons. The Morgan fingerprint density at radius 2 is 1.94 bits per heavy atom. The molecule has 1 unspecified atom stereocenters. The van der Waals surface area contributed by atoms with Crippen molar-refractivity contribution in [3.05, 3.63) is 46.6 Å². The Morgan fingerprint density at radius 1 is 1.24 bits per heavy atom. The number of nitrogens with zero attached hydrogens (tertiary/aromatic N) is 4. The van der Waals surface area contributed by atoms with Crippen molar-refractivity contribution in [2.75, 3.05) is 17.2 Å². The van der Waals surface area contributed by atoms with E-state index in [9.17, 15) is 20.1 Å². The van der Waals surface area contributed by atoms with Crippen molar-refractivity contribution in [3.63, 3.8) is 0 Å². The van der Waals surface area contributed by atoms with Gasteiger partial charge in [-0.3, -0.25) is 4.79 Å². The van der Waals surface area contributed by atoms with Crippen LogP contribution in [0.25, 0.3) is 5.65 Å². The van der Waals surface area contributed by atoms with Crippen molar-refractivity contribution in [3.8, 4) is 5.75 Å². The summed E-state index contributed by atoms with van der Waals surface area (Å²) in [5.41, 5.74) is 2.23. The van der Waals surface area contributed by atoms with Gasteiger partial charge in [0.2, 0.25) is 0 Å². The van der Waals surface area contributed by atoms with Gasteiger partial charge in [0.25, 0.3) is 5.91 Å². The Bertz CT molecular complexity index is 1270. The summed E-state index contributed by atoms with van der Waals surface area (Å²) in [6.07, 6.45) is 0.993. The smallest absolute Gasteiger partial charge is 0.259 e. The molecule has 4 rings (SSSR count). The number of fused-ring (bicyclic) bond motifs is 2. The summed E-state index contributed by atoms with van der Waals surface area (Å²) in [5.74, 6) is -0.165. The monoisotopic (exact) mass is 462 g/mol. The third-order valence-electron chi connectivity index (χ3n) is 5.97. The van der Waals surface area contributed by atoms with Crippen molar-refractivity contribution in [2.45, 2.75) is 44.7 Å². The predicted molar refractivity (Wildman–Crippen MR) is 126 cm³/mol. The number of rotatable bonds is 2. The van der Waals surface area contributed by atoms with Gasteiger partial charge in [-0.25, -0.2) is 9.50 Å². The molecular formula is C21H24B2N6O5. The molecular weight excluding hydrogens is 438 g/mol. The number of nitrogen functional groups attached to an aromatic ring is 1. The van der Waals surface area contributed by atoms with Gasteiger partial charge < -0.3 is 36.0 Å². The minimum atomic E-state index is -3.25. The first-order valence-corrected chi connectivity index (χ1v) is 10.5. The quantitative estimate of drug-likeness (QED) is 0.240. The number of anilines is 2. The van der Waals surface area contributed by atoms with Crippen LogP contribution in [0.4, 0.5) is 11.6 Å². The molecule has 1 aliphatic heterocycles. The zero-order chi connectivity index (χ0) is 25.0. The third-order valence-corrected chi connectivity index (χ3v) is 5.97. The molecule has 2 bridgehead atoms. The highest BCUT2D eigenvalue weighted by Crippen LogP contribution is 2.34. The summed E-state index contributed by atoms with van der Waals surface area (Å²) in [7, 11) is 11.4. The lowest BCUT2D eigenvalue weighted by Crippen LogP contribution is -2.66. The van der Waals surface area contributed by atoms with E-state index in [0.717, 1.165) is 16.0 Å². The largest absolute Gasteiger partial charge is 0.489 e. The molecule has 3 aromatic rings. The number of hydrogen-bond donors (Lipinski definition) is 5. The van der Waals surface area contributed by atoms with E-state index in [1.807, 2.05) is 19.9 Å². The number of nitrogens with one attached hydrogen (secondary N) is 1. The molecule has 1 aliphatic rings. The Kier molecular flexibility index (Phi) is 5.75. The van der Waals surface area contributed by atoms with Crippen molar-refractivity contribution >= 4 is 38.9 Å². The van der Waals surface area contributed by atoms with E-state index in [0.29, 0.717) is 11.3 Å². The van der Waals surface area contributed by atoms with Crippen LogP contribution in [-0.2, 0) is 6.54 Å². The Balaban J connectivity index is 2.01. The van der Waals surface area contributed by atoms with Gasteiger partial charge in [-0.05, 0) is 44.0 Å². The molecule has 1 aromatic carbocycles. The zero-order valence-corrected chi connectivity index (χ0v) is 19.0. The topological polar surface area (TPSA) is 158 Å². The Labute approximate surface area is 198 Å². The number of ether oxygens (including phenoxy) is 1. The van der Waals surface area contributed by atoms with Gasteiger partial charge in [0.15, 0.2) is 27.2 Å². The maximum Gasteiger partial charge on any atom is 0.259 e. The van der Waals surface area contributed by atoms with Crippen LogP contribution in [0, 0.1) is 13.8 Å². The van der Waals surface area contributed by atoms with Crippen molar-refractivity contribution in [1.29, 1.82) is 0 Å². The summed E-state index contributed by atoms with van der Waals surface area (Å²) in [6.45, 7) is 5.52. The fraction of sp³-hybridized carbons (Fsp3) is 0.381. The first-order chi connectivity index (χ1) is 15.8. The second kappa shape index (κ2) is 8.19.